The summed E-state index contributed by atoms with van der Waals surface area (Å²) in [6, 6.07) is 7.82. The Morgan fingerprint density at radius 3 is 2.62 bits per heavy atom. The first-order valence-corrected chi connectivity index (χ1v) is 12.4. The number of nitrogens with zero attached hydrogens (tertiary/aromatic N) is 3. The minimum atomic E-state index is -3.88. The Morgan fingerprint density at radius 1 is 1.22 bits per heavy atom. The molecule has 0 unspecified atom stereocenters. The minimum absolute atomic E-state index is 0.0247. The number of carbonyl (C=O) groups excluding carboxylic acids is 1. The fourth-order valence-corrected chi connectivity index (χ4v) is 5.91. The second-order valence-electron chi connectivity index (χ2n) is 8.58. The van der Waals surface area contributed by atoms with E-state index in [1.165, 1.54) is 24.3 Å². The highest BCUT2D eigenvalue weighted by Crippen LogP contribution is 2.44. The lowest BCUT2D eigenvalue weighted by Crippen LogP contribution is -2.55. The van der Waals surface area contributed by atoms with Crippen LogP contribution in [0.5, 0.6) is 0 Å². The predicted molar refractivity (Wildman–Crippen MR) is 121 cm³/mol. The van der Waals surface area contributed by atoms with E-state index in [0.717, 1.165) is 49.6 Å². The van der Waals surface area contributed by atoms with Gasteiger partial charge in [-0.1, -0.05) is 26.2 Å². The minimum Gasteiger partial charge on any atom is -0.399 e. The van der Waals surface area contributed by atoms with E-state index >= 15 is 0 Å². The van der Waals surface area contributed by atoms with E-state index in [0.29, 0.717) is 11.3 Å². The summed E-state index contributed by atoms with van der Waals surface area (Å²) >= 11 is 0. The molecule has 3 aromatic rings. The van der Waals surface area contributed by atoms with Gasteiger partial charge in [0.05, 0.1) is 10.9 Å². The Bertz CT molecular complexity index is 1290. The number of nitrogens with one attached hydrogen (secondary N) is 2. The summed E-state index contributed by atoms with van der Waals surface area (Å²) < 4.78 is 30.2. The first-order chi connectivity index (χ1) is 15.3. The summed E-state index contributed by atoms with van der Waals surface area (Å²) in [5.41, 5.74) is 7.03. The normalized spacial score (nSPS) is 20.2. The van der Waals surface area contributed by atoms with Gasteiger partial charge in [-0.05, 0) is 49.6 Å². The summed E-state index contributed by atoms with van der Waals surface area (Å²) in [6.45, 7) is 2.03. The molecule has 1 amide bonds. The monoisotopic (exact) mass is 454 g/mol. The standard InChI is InChI=1S/C22H26N6O3S/c1-2-17-18-12-14-13-24-21(27-32(30,31)16-8-6-15(23)7-9-16)26-19(14)28(18)22(20(29)25-17)10-4-3-5-11-22/h6-9,12-13,17H,2-5,10-11,23H2,1H3,(H,25,29)(H,24,26,27)/t17-/m1/s1. The number of hydrogen-bond donors (Lipinski definition) is 3. The zero-order valence-corrected chi connectivity index (χ0v) is 18.7. The molecule has 4 N–H and O–H groups in total. The number of benzene rings is 1. The average molecular weight is 455 g/mol. The van der Waals surface area contributed by atoms with Crippen molar-refractivity contribution in [3.63, 3.8) is 0 Å². The Balaban J connectivity index is 1.62. The van der Waals surface area contributed by atoms with Gasteiger partial charge < -0.3 is 15.6 Å². The number of amides is 1. The van der Waals surface area contributed by atoms with E-state index in [9.17, 15) is 13.2 Å². The van der Waals surface area contributed by atoms with Gasteiger partial charge in [0.1, 0.15) is 11.2 Å². The number of nitrogens with two attached hydrogens (primary N) is 1. The van der Waals surface area contributed by atoms with Crippen molar-refractivity contribution in [1.29, 1.82) is 0 Å². The van der Waals surface area contributed by atoms with E-state index < -0.39 is 15.6 Å². The molecule has 0 bridgehead atoms. The maximum Gasteiger partial charge on any atom is 0.264 e. The second kappa shape index (κ2) is 7.47. The van der Waals surface area contributed by atoms with Crippen LogP contribution in [0.1, 0.15) is 57.2 Å². The molecule has 2 aliphatic rings. The van der Waals surface area contributed by atoms with Crippen molar-refractivity contribution in [2.24, 2.45) is 0 Å². The molecule has 32 heavy (non-hydrogen) atoms. The van der Waals surface area contributed by atoms with Gasteiger partial charge in [-0.15, -0.1) is 0 Å². The number of hydrogen-bond acceptors (Lipinski definition) is 6. The van der Waals surface area contributed by atoms with E-state index in [2.05, 4.69) is 24.6 Å². The molecule has 2 aromatic heterocycles. The number of anilines is 2. The van der Waals surface area contributed by atoms with Gasteiger partial charge in [-0.25, -0.2) is 18.1 Å². The van der Waals surface area contributed by atoms with Crippen LogP contribution in [0.25, 0.3) is 11.0 Å². The van der Waals surface area contributed by atoms with Gasteiger partial charge in [-0.3, -0.25) is 4.79 Å². The van der Waals surface area contributed by atoms with Crippen LogP contribution in [0.4, 0.5) is 11.6 Å². The lowest BCUT2D eigenvalue weighted by atomic mass is 9.78. The molecule has 1 aliphatic carbocycles. The van der Waals surface area contributed by atoms with Crippen molar-refractivity contribution >= 4 is 38.6 Å². The first-order valence-electron chi connectivity index (χ1n) is 10.9. The summed E-state index contributed by atoms with van der Waals surface area (Å²) in [4.78, 5) is 22.2. The molecule has 1 aromatic carbocycles. The van der Waals surface area contributed by atoms with E-state index in [4.69, 9.17) is 5.73 Å². The maximum absolute atomic E-state index is 13.3. The smallest absolute Gasteiger partial charge is 0.264 e. The van der Waals surface area contributed by atoms with Gasteiger partial charge in [0.15, 0.2) is 0 Å². The maximum atomic E-state index is 13.3. The highest BCUT2D eigenvalue weighted by molar-refractivity contribution is 7.92. The van der Waals surface area contributed by atoms with Gasteiger partial charge in [-0.2, -0.15) is 4.98 Å². The summed E-state index contributed by atoms with van der Waals surface area (Å²) in [6.07, 6.45) is 6.87. The highest BCUT2D eigenvalue weighted by Gasteiger charge is 2.48. The van der Waals surface area contributed by atoms with Crippen LogP contribution in [0.3, 0.4) is 0 Å². The summed E-state index contributed by atoms with van der Waals surface area (Å²) in [5.74, 6) is -0.00289. The molecule has 1 aliphatic heterocycles. The fourth-order valence-electron chi connectivity index (χ4n) is 4.96. The molecule has 10 heteroatoms. The van der Waals surface area contributed by atoms with Crippen molar-refractivity contribution in [2.75, 3.05) is 10.5 Å². The zero-order chi connectivity index (χ0) is 22.5. The van der Waals surface area contributed by atoms with Gasteiger partial charge in [0.2, 0.25) is 11.9 Å². The quantitative estimate of drug-likeness (QED) is 0.519. The predicted octanol–water partition coefficient (Wildman–Crippen LogP) is 3.05. The molecule has 168 valence electrons. The van der Waals surface area contributed by atoms with Crippen LogP contribution in [-0.4, -0.2) is 28.9 Å². The fraction of sp³-hybridized carbons (Fsp3) is 0.409. The molecule has 1 saturated carbocycles. The molecule has 1 fully saturated rings. The third-order valence-electron chi connectivity index (χ3n) is 6.59. The number of nitrogen functional groups attached to an aromatic ring is 1. The van der Waals surface area contributed by atoms with Crippen LogP contribution in [0.15, 0.2) is 41.4 Å². The van der Waals surface area contributed by atoms with E-state index in [1.807, 2.05) is 13.0 Å². The van der Waals surface area contributed by atoms with Crippen LogP contribution >= 0.6 is 0 Å². The SMILES string of the molecule is CC[C@H]1NC(=O)C2(CCCCC2)n2c1cc1cnc(NS(=O)(=O)c3ccc(N)cc3)nc12. The molecule has 1 atom stereocenters. The third kappa shape index (κ3) is 3.21. The van der Waals surface area contributed by atoms with E-state index in [-0.39, 0.29) is 22.8 Å². The molecule has 0 saturated heterocycles. The first kappa shape index (κ1) is 20.7. The van der Waals surface area contributed by atoms with Crippen LogP contribution < -0.4 is 15.8 Å². The van der Waals surface area contributed by atoms with Crippen LogP contribution in [-0.2, 0) is 20.4 Å². The summed E-state index contributed by atoms with van der Waals surface area (Å²) in [5, 5.41) is 3.98. The van der Waals surface area contributed by atoms with Crippen molar-refractivity contribution in [1.82, 2.24) is 19.9 Å². The molecular weight excluding hydrogens is 428 g/mol. The number of fused-ring (bicyclic) bond motifs is 4. The van der Waals surface area contributed by atoms with Gasteiger partial charge in [0.25, 0.3) is 10.0 Å². The van der Waals surface area contributed by atoms with E-state index in [1.54, 1.807) is 6.20 Å². The Morgan fingerprint density at radius 2 is 1.94 bits per heavy atom. The largest absolute Gasteiger partial charge is 0.399 e. The topological polar surface area (TPSA) is 132 Å². The lowest BCUT2D eigenvalue weighted by Gasteiger charge is -2.44. The van der Waals surface area contributed by atoms with Crippen molar-refractivity contribution < 1.29 is 13.2 Å². The molecule has 3 heterocycles. The Labute approximate surface area is 186 Å². The highest BCUT2D eigenvalue weighted by atomic mass is 32.2. The number of rotatable bonds is 4. The molecule has 5 rings (SSSR count). The third-order valence-corrected chi connectivity index (χ3v) is 7.93. The molecular formula is C22H26N6O3S. The lowest BCUT2D eigenvalue weighted by molar-refractivity contribution is -0.134. The van der Waals surface area contributed by atoms with Crippen molar-refractivity contribution in [2.45, 2.75) is 61.9 Å². The van der Waals surface area contributed by atoms with Gasteiger partial charge in [0, 0.05) is 23.0 Å². The Hall–Kier alpha value is -3.14. The van der Waals surface area contributed by atoms with Crippen LogP contribution in [0, 0.1) is 0 Å². The number of aromatic nitrogens is 3. The number of sulfonamides is 1. The average Bonchev–Trinajstić information content (AvgIpc) is 3.17. The summed E-state index contributed by atoms with van der Waals surface area (Å²) in [7, 11) is -3.88. The van der Waals surface area contributed by atoms with Crippen molar-refractivity contribution in [3.8, 4) is 0 Å². The van der Waals surface area contributed by atoms with Gasteiger partial charge >= 0.3 is 0 Å². The molecule has 1 spiro atoms. The zero-order valence-electron chi connectivity index (χ0n) is 17.8. The Kier molecular flexibility index (Phi) is 4.85. The number of carbonyl (C=O) groups is 1. The molecule has 0 radical (unpaired) electrons. The molecule has 9 nitrogen and oxygen atoms in total. The second-order valence-corrected chi connectivity index (χ2v) is 10.3. The van der Waals surface area contributed by atoms with Crippen molar-refractivity contribution in [3.05, 3.63) is 42.2 Å². The van der Waals surface area contributed by atoms with Crippen LogP contribution in [0.2, 0.25) is 0 Å².